The molecule has 1 aromatic carbocycles. The first-order valence-corrected chi connectivity index (χ1v) is 6.80. The number of ether oxygens (including phenoxy) is 2. The first-order chi connectivity index (χ1) is 9.53. The normalized spacial score (nSPS) is 10.9. The summed E-state index contributed by atoms with van der Waals surface area (Å²) in [5.74, 6) is 2.98. The highest BCUT2D eigenvalue weighted by molar-refractivity contribution is 5.40. The second-order valence-corrected chi connectivity index (χ2v) is 5.24. The lowest BCUT2D eigenvalue weighted by atomic mass is 10.0. The van der Waals surface area contributed by atoms with E-state index in [1.54, 1.807) is 14.2 Å². The minimum absolute atomic E-state index is 0.405. The van der Waals surface area contributed by atoms with Crippen LogP contribution in [-0.4, -0.2) is 24.2 Å². The Labute approximate surface area is 120 Å². The van der Waals surface area contributed by atoms with Crippen LogP contribution in [0.5, 0.6) is 11.5 Å². The lowest BCUT2D eigenvalue weighted by Gasteiger charge is -2.09. The van der Waals surface area contributed by atoms with Crippen molar-refractivity contribution in [2.24, 2.45) is 0 Å². The maximum atomic E-state index is 5.31. The SMILES string of the molecule is COc1cc(Cc2[nH]c(C)nc2C(C)C)cc(OC)c1. The summed E-state index contributed by atoms with van der Waals surface area (Å²) in [7, 11) is 3.33. The summed E-state index contributed by atoms with van der Waals surface area (Å²) in [6.07, 6.45) is 0.794. The number of imidazole rings is 1. The van der Waals surface area contributed by atoms with Crippen LogP contribution in [0.1, 0.15) is 42.5 Å². The summed E-state index contributed by atoms with van der Waals surface area (Å²) < 4.78 is 10.6. The number of benzene rings is 1. The number of aromatic amines is 1. The number of hydrogen-bond acceptors (Lipinski definition) is 3. The molecule has 2 rings (SSSR count). The van der Waals surface area contributed by atoms with Gasteiger partial charge < -0.3 is 14.5 Å². The lowest BCUT2D eigenvalue weighted by molar-refractivity contribution is 0.393. The molecule has 0 unspecified atom stereocenters. The zero-order chi connectivity index (χ0) is 14.7. The molecule has 0 aliphatic carbocycles. The first-order valence-electron chi connectivity index (χ1n) is 6.80. The molecule has 0 saturated heterocycles. The number of nitrogens with one attached hydrogen (secondary N) is 1. The number of methoxy groups -OCH3 is 2. The van der Waals surface area contributed by atoms with Crippen LogP contribution in [0.15, 0.2) is 18.2 Å². The van der Waals surface area contributed by atoms with Crippen molar-refractivity contribution < 1.29 is 9.47 Å². The van der Waals surface area contributed by atoms with Crippen molar-refractivity contribution in [1.29, 1.82) is 0 Å². The number of hydrogen-bond donors (Lipinski definition) is 1. The maximum absolute atomic E-state index is 5.31. The third-order valence-corrected chi connectivity index (χ3v) is 3.27. The van der Waals surface area contributed by atoms with Gasteiger partial charge in [0.1, 0.15) is 17.3 Å². The van der Waals surface area contributed by atoms with E-state index in [0.717, 1.165) is 40.7 Å². The molecule has 0 spiro atoms. The third-order valence-electron chi connectivity index (χ3n) is 3.27. The van der Waals surface area contributed by atoms with Crippen LogP contribution < -0.4 is 9.47 Å². The monoisotopic (exact) mass is 274 g/mol. The summed E-state index contributed by atoms with van der Waals surface area (Å²) in [6.45, 7) is 6.30. The second-order valence-electron chi connectivity index (χ2n) is 5.24. The average Bonchev–Trinajstić information content (AvgIpc) is 2.79. The van der Waals surface area contributed by atoms with Gasteiger partial charge in [0.2, 0.25) is 0 Å². The summed E-state index contributed by atoms with van der Waals surface area (Å²) in [5.41, 5.74) is 3.43. The molecule has 0 aliphatic heterocycles. The summed E-state index contributed by atoms with van der Waals surface area (Å²) in [4.78, 5) is 7.93. The van der Waals surface area contributed by atoms with Crippen molar-refractivity contribution in [2.45, 2.75) is 33.1 Å². The predicted molar refractivity (Wildman–Crippen MR) is 79.8 cm³/mol. The summed E-state index contributed by atoms with van der Waals surface area (Å²) in [5, 5.41) is 0. The van der Waals surface area contributed by atoms with Crippen LogP contribution in [0.25, 0.3) is 0 Å². The molecule has 108 valence electrons. The van der Waals surface area contributed by atoms with E-state index in [9.17, 15) is 0 Å². The van der Waals surface area contributed by atoms with E-state index in [0.29, 0.717) is 5.92 Å². The Morgan fingerprint density at radius 2 is 1.70 bits per heavy atom. The van der Waals surface area contributed by atoms with Gasteiger partial charge in [0.15, 0.2) is 0 Å². The van der Waals surface area contributed by atoms with Gasteiger partial charge in [-0.15, -0.1) is 0 Å². The summed E-state index contributed by atoms with van der Waals surface area (Å²) in [6, 6.07) is 5.94. The summed E-state index contributed by atoms with van der Waals surface area (Å²) >= 11 is 0. The molecule has 0 aliphatic rings. The Balaban J connectivity index is 2.34. The molecule has 2 aromatic rings. The molecular formula is C16H22N2O2. The zero-order valence-corrected chi connectivity index (χ0v) is 12.8. The first kappa shape index (κ1) is 14.4. The second kappa shape index (κ2) is 5.99. The van der Waals surface area contributed by atoms with E-state index >= 15 is 0 Å². The average molecular weight is 274 g/mol. The third kappa shape index (κ3) is 3.13. The van der Waals surface area contributed by atoms with Gasteiger partial charge in [0.05, 0.1) is 19.9 Å². The number of rotatable bonds is 5. The van der Waals surface area contributed by atoms with Crippen molar-refractivity contribution in [3.8, 4) is 11.5 Å². The molecule has 0 amide bonds. The largest absolute Gasteiger partial charge is 0.497 e. The molecule has 0 atom stereocenters. The lowest BCUT2D eigenvalue weighted by Crippen LogP contribution is -1.98. The fourth-order valence-electron chi connectivity index (χ4n) is 2.34. The van der Waals surface area contributed by atoms with E-state index in [1.165, 1.54) is 0 Å². The van der Waals surface area contributed by atoms with Gasteiger partial charge in [0.25, 0.3) is 0 Å². The Bertz CT molecular complexity index is 566. The van der Waals surface area contributed by atoms with Crippen molar-refractivity contribution in [2.75, 3.05) is 14.2 Å². The zero-order valence-electron chi connectivity index (χ0n) is 12.8. The van der Waals surface area contributed by atoms with Crippen LogP contribution in [-0.2, 0) is 6.42 Å². The van der Waals surface area contributed by atoms with E-state index in [4.69, 9.17) is 9.47 Å². The van der Waals surface area contributed by atoms with Gasteiger partial charge in [-0.2, -0.15) is 0 Å². The number of nitrogens with zero attached hydrogens (tertiary/aromatic N) is 1. The Hall–Kier alpha value is -1.97. The van der Waals surface area contributed by atoms with Crippen LogP contribution >= 0.6 is 0 Å². The molecule has 4 heteroatoms. The van der Waals surface area contributed by atoms with Crippen molar-refractivity contribution in [3.63, 3.8) is 0 Å². The standard InChI is InChI=1S/C16H22N2O2/c1-10(2)16-15(17-11(3)18-16)8-12-6-13(19-4)9-14(7-12)20-5/h6-7,9-10H,8H2,1-5H3,(H,17,18). The molecule has 0 radical (unpaired) electrons. The Morgan fingerprint density at radius 1 is 1.10 bits per heavy atom. The molecule has 4 nitrogen and oxygen atoms in total. The van der Waals surface area contributed by atoms with Gasteiger partial charge in [-0.25, -0.2) is 4.98 Å². The minimum Gasteiger partial charge on any atom is -0.497 e. The topological polar surface area (TPSA) is 47.1 Å². The van der Waals surface area contributed by atoms with E-state index in [-0.39, 0.29) is 0 Å². The van der Waals surface area contributed by atoms with Gasteiger partial charge in [-0.05, 0) is 30.5 Å². The van der Waals surface area contributed by atoms with Crippen LogP contribution in [0.4, 0.5) is 0 Å². The molecular weight excluding hydrogens is 252 g/mol. The molecule has 1 heterocycles. The van der Waals surface area contributed by atoms with E-state index in [2.05, 4.69) is 23.8 Å². The quantitative estimate of drug-likeness (QED) is 0.908. The fraction of sp³-hybridized carbons (Fsp3) is 0.438. The van der Waals surface area contributed by atoms with E-state index in [1.807, 2.05) is 25.1 Å². The molecule has 1 aromatic heterocycles. The highest BCUT2D eigenvalue weighted by atomic mass is 16.5. The minimum atomic E-state index is 0.405. The molecule has 0 saturated carbocycles. The van der Waals surface area contributed by atoms with Crippen molar-refractivity contribution >= 4 is 0 Å². The fourth-order valence-corrected chi connectivity index (χ4v) is 2.34. The Morgan fingerprint density at radius 3 is 2.20 bits per heavy atom. The molecule has 1 N–H and O–H groups in total. The van der Waals surface area contributed by atoms with Crippen molar-refractivity contribution in [1.82, 2.24) is 9.97 Å². The van der Waals surface area contributed by atoms with Gasteiger partial charge in [0, 0.05) is 18.2 Å². The smallest absolute Gasteiger partial charge is 0.122 e. The van der Waals surface area contributed by atoms with Gasteiger partial charge >= 0.3 is 0 Å². The number of aryl methyl sites for hydroxylation is 1. The molecule has 20 heavy (non-hydrogen) atoms. The number of aromatic nitrogens is 2. The highest BCUT2D eigenvalue weighted by Gasteiger charge is 2.13. The number of H-pyrrole nitrogens is 1. The van der Waals surface area contributed by atoms with Crippen LogP contribution in [0.2, 0.25) is 0 Å². The predicted octanol–water partition coefficient (Wildman–Crippen LogP) is 3.45. The van der Waals surface area contributed by atoms with Crippen molar-refractivity contribution in [3.05, 3.63) is 41.0 Å². The van der Waals surface area contributed by atoms with Crippen LogP contribution in [0.3, 0.4) is 0 Å². The van der Waals surface area contributed by atoms with Gasteiger partial charge in [-0.1, -0.05) is 13.8 Å². The van der Waals surface area contributed by atoms with Gasteiger partial charge in [-0.3, -0.25) is 0 Å². The van der Waals surface area contributed by atoms with E-state index < -0.39 is 0 Å². The Kier molecular flexibility index (Phi) is 4.32. The molecule has 0 fully saturated rings. The maximum Gasteiger partial charge on any atom is 0.122 e. The highest BCUT2D eigenvalue weighted by Crippen LogP contribution is 2.26. The molecule has 0 bridgehead atoms. The van der Waals surface area contributed by atoms with Crippen LogP contribution in [0, 0.1) is 6.92 Å².